The summed E-state index contributed by atoms with van der Waals surface area (Å²) in [6.45, 7) is 8.08. The van der Waals surface area contributed by atoms with Gasteiger partial charge in [0.2, 0.25) is 0 Å². The molecule has 33 heavy (non-hydrogen) atoms. The van der Waals surface area contributed by atoms with Crippen molar-refractivity contribution >= 4 is 27.6 Å². The first-order chi connectivity index (χ1) is 15.4. The third-order valence-electron chi connectivity index (χ3n) is 5.86. The fraction of sp³-hybridized carbons (Fsp3) is 0.522. The summed E-state index contributed by atoms with van der Waals surface area (Å²) in [6, 6.07) is 7.55. The lowest BCUT2D eigenvalue weighted by molar-refractivity contribution is -0.152. The monoisotopic (exact) mass is 476 g/mol. The number of benzene rings is 1. The average molecular weight is 477 g/mol. The van der Waals surface area contributed by atoms with Crippen molar-refractivity contribution in [1.82, 2.24) is 13.9 Å². The van der Waals surface area contributed by atoms with Crippen molar-refractivity contribution in [3.8, 4) is 0 Å². The van der Waals surface area contributed by atoms with Gasteiger partial charge in [-0.05, 0) is 42.9 Å². The Labute approximate surface area is 195 Å². The molecule has 1 fully saturated rings. The van der Waals surface area contributed by atoms with E-state index in [1.807, 2.05) is 24.3 Å². The van der Waals surface area contributed by atoms with Gasteiger partial charge >= 0.3 is 5.97 Å². The van der Waals surface area contributed by atoms with Gasteiger partial charge in [0.1, 0.15) is 5.82 Å². The van der Waals surface area contributed by atoms with E-state index in [1.165, 1.54) is 10.5 Å². The largest absolute Gasteiger partial charge is 0.455 e. The SMILES string of the molecule is Cc1nc(S(=O)(=O)N2CCC(C(=O)OCC(=O)Nc3ccc(C(C)(C)C)cc3)CC2)cn1C. The van der Waals surface area contributed by atoms with Crippen LogP contribution in [0, 0.1) is 12.8 Å². The Bertz CT molecular complexity index is 1090. The highest BCUT2D eigenvalue weighted by atomic mass is 32.2. The molecule has 2 aromatic rings. The van der Waals surface area contributed by atoms with E-state index in [4.69, 9.17) is 4.74 Å². The fourth-order valence-electron chi connectivity index (χ4n) is 3.62. The van der Waals surface area contributed by atoms with Gasteiger partial charge in [-0.3, -0.25) is 9.59 Å². The molecular formula is C23H32N4O5S. The van der Waals surface area contributed by atoms with Crippen LogP contribution in [0.3, 0.4) is 0 Å². The molecule has 1 aromatic heterocycles. The molecule has 0 atom stereocenters. The summed E-state index contributed by atoms with van der Waals surface area (Å²) < 4.78 is 33.7. The van der Waals surface area contributed by atoms with E-state index in [0.29, 0.717) is 24.4 Å². The molecule has 10 heteroatoms. The van der Waals surface area contributed by atoms with Gasteiger partial charge in [-0.25, -0.2) is 13.4 Å². The lowest BCUT2D eigenvalue weighted by Gasteiger charge is -2.29. The number of nitrogens with zero attached hydrogens (tertiary/aromatic N) is 3. The van der Waals surface area contributed by atoms with Crippen molar-refractivity contribution < 1.29 is 22.7 Å². The lowest BCUT2D eigenvalue weighted by Crippen LogP contribution is -2.41. The number of esters is 1. The van der Waals surface area contributed by atoms with Crippen LogP contribution < -0.4 is 5.32 Å². The molecular weight excluding hydrogens is 444 g/mol. The van der Waals surface area contributed by atoms with Crippen molar-refractivity contribution in [3.05, 3.63) is 41.9 Å². The molecule has 0 bridgehead atoms. The molecule has 0 saturated carbocycles. The normalized spacial score (nSPS) is 15.9. The van der Waals surface area contributed by atoms with Crippen molar-refractivity contribution in [1.29, 1.82) is 0 Å². The van der Waals surface area contributed by atoms with Crippen molar-refractivity contribution in [2.75, 3.05) is 25.0 Å². The van der Waals surface area contributed by atoms with Crippen molar-refractivity contribution in [3.63, 3.8) is 0 Å². The maximum atomic E-state index is 12.8. The van der Waals surface area contributed by atoms with Crippen LogP contribution in [0.2, 0.25) is 0 Å². The number of nitrogens with one attached hydrogen (secondary N) is 1. The summed E-state index contributed by atoms with van der Waals surface area (Å²) in [6.07, 6.45) is 2.15. The van der Waals surface area contributed by atoms with E-state index in [1.54, 1.807) is 18.5 Å². The molecule has 1 aromatic carbocycles. The van der Waals surface area contributed by atoms with Gasteiger partial charge in [0.15, 0.2) is 11.6 Å². The number of anilines is 1. The number of ether oxygens (including phenoxy) is 1. The summed E-state index contributed by atoms with van der Waals surface area (Å²) in [7, 11) is -1.96. The van der Waals surface area contributed by atoms with Crippen LogP contribution in [0.4, 0.5) is 5.69 Å². The molecule has 1 aliphatic rings. The number of amides is 1. The number of sulfonamides is 1. The highest BCUT2D eigenvalue weighted by Gasteiger charge is 2.34. The van der Waals surface area contributed by atoms with Gasteiger partial charge < -0.3 is 14.6 Å². The Hall–Kier alpha value is -2.72. The minimum absolute atomic E-state index is 0.00994. The zero-order chi connectivity index (χ0) is 24.4. The van der Waals surface area contributed by atoms with Gasteiger partial charge in [-0.2, -0.15) is 4.31 Å². The van der Waals surface area contributed by atoms with Crippen LogP contribution in [0.15, 0.2) is 35.5 Å². The number of aromatic nitrogens is 2. The van der Waals surface area contributed by atoms with Crippen molar-refractivity contribution in [2.24, 2.45) is 13.0 Å². The summed E-state index contributed by atoms with van der Waals surface area (Å²) in [5.74, 6) is -0.743. The second-order valence-corrected chi connectivity index (χ2v) is 11.3. The molecule has 0 aliphatic carbocycles. The Morgan fingerprint density at radius 2 is 1.76 bits per heavy atom. The van der Waals surface area contributed by atoms with Gasteiger partial charge in [0.25, 0.3) is 15.9 Å². The number of carbonyl (C=O) groups excluding carboxylic acids is 2. The third kappa shape index (κ3) is 6.00. The van der Waals surface area contributed by atoms with Crippen LogP contribution in [0.5, 0.6) is 0 Å². The minimum Gasteiger partial charge on any atom is -0.455 e. The van der Waals surface area contributed by atoms with Crippen LogP contribution in [-0.4, -0.2) is 53.8 Å². The first kappa shape index (κ1) is 24.9. The average Bonchev–Trinajstić information content (AvgIpc) is 3.11. The van der Waals surface area contributed by atoms with Gasteiger partial charge in [-0.15, -0.1) is 0 Å². The number of piperidine rings is 1. The number of carbonyl (C=O) groups is 2. The highest BCUT2D eigenvalue weighted by Crippen LogP contribution is 2.25. The summed E-state index contributed by atoms with van der Waals surface area (Å²) >= 11 is 0. The van der Waals surface area contributed by atoms with Crippen LogP contribution in [0.1, 0.15) is 45.0 Å². The second-order valence-electron chi connectivity index (χ2n) is 9.40. The van der Waals surface area contributed by atoms with Gasteiger partial charge in [0, 0.05) is 32.0 Å². The Balaban J connectivity index is 1.47. The zero-order valence-electron chi connectivity index (χ0n) is 19.8. The zero-order valence-corrected chi connectivity index (χ0v) is 20.6. The fourth-order valence-corrected chi connectivity index (χ4v) is 5.11. The smallest absolute Gasteiger partial charge is 0.309 e. The molecule has 1 N–H and O–H groups in total. The first-order valence-corrected chi connectivity index (χ1v) is 12.4. The topological polar surface area (TPSA) is 111 Å². The number of aryl methyl sites for hydroxylation is 2. The van der Waals surface area contributed by atoms with Crippen LogP contribution >= 0.6 is 0 Å². The molecule has 1 aliphatic heterocycles. The summed E-state index contributed by atoms with van der Waals surface area (Å²) in [5, 5.41) is 2.73. The maximum absolute atomic E-state index is 12.8. The molecule has 1 amide bonds. The standard InChI is InChI=1S/C23H32N4O5S/c1-16-24-21(14-26(16)5)33(30,31)27-12-10-17(11-13-27)22(29)32-15-20(28)25-19-8-6-18(7-9-19)23(2,3)4/h6-9,14,17H,10-13,15H2,1-5H3,(H,25,28). The van der Waals surface area contributed by atoms with E-state index < -0.39 is 27.8 Å². The highest BCUT2D eigenvalue weighted by molar-refractivity contribution is 7.89. The maximum Gasteiger partial charge on any atom is 0.309 e. The molecule has 3 rings (SSSR count). The molecule has 180 valence electrons. The van der Waals surface area contributed by atoms with E-state index in [9.17, 15) is 18.0 Å². The Kier molecular flexibility index (Phi) is 7.28. The predicted molar refractivity (Wildman–Crippen MR) is 124 cm³/mol. The minimum atomic E-state index is -3.70. The first-order valence-electron chi connectivity index (χ1n) is 10.9. The van der Waals surface area contributed by atoms with Gasteiger partial charge in [0.05, 0.1) is 5.92 Å². The predicted octanol–water partition coefficient (Wildman–Crippen LogP) is 2.61. The number of imidazole rings is 1. The molecule has 0 unspecified atom stereocenters. The number of hydrogen-bond donors (Lipinski definition) is 1. The molecule has 0 radical (unpaired) electrons. The van der Waals surface area contributed by atoms with Crippen LogP contribution in [-0.2, 0) is 36.8 Å². The van der Waals surface area contributed by atoms with Crippen molar-refractivity contribution in [2.45, 2.75) is 51.0 Å². The van der Waals surface area contributed by atoms with Gasteiger partial charge in [-0.1, -0.05) is 32.9 Å². The summed E-state index contributed by atoms with van der Waals surface area (Å²) in [5.41, 5.74) is 1.80. The van der Waals surface area contributed by atoms with E-state index in [-0.39, 0.29) is 30.1 Å². The van der Waals surface area contributed by atoms with E-state index >= 15 is 0 Å². The van der Waals surface area contributed by atoms with E-state index in [0.717, 1.165) is 5.56 Å². The van der Waals surface area contributed by atoms with E-state index in [2.05, 4.69) is 31.1 Å². The van der Waals surface area contributed by atoms with Crippen LogP contribution in [0.25, 0.3) is 0 Å². The quantitative estimate of drug-likeness (QED) is 0.642. The number of rotatable bonds is 6. The molecule has 0 spiro atoms. The molecule has 2 heterocycles. The Morgan fingerprint density at radius 1 is 1.15 bits per heavy atom. The third-order valence-corrected chi connectivity index (χ3v) is 7.63. The second kappa shape index (κ2) is 9.64. The summed E-state index contributed by atoms with van der Waals surface area (Å²) in [4.78, 5) is 28.7. The lowest BCUT2D eigenvalue weighted by atomic mass is 9.87. The molecule has 9 nitrogen and oxygen atoms in total. The molecule has 1 saturated heterocycles. The Morgan fingerprint density at radius 3 is 2.27 bits per heavy atom. The number of hydrogen-bond acceptors (Lipinski definition) is 6.